The molecule has 0 aliphatic carbocycles. The van der Waals surface area contributed by atoms with E-state index in [2.05, 4.69) is 10.1 Å². The highest BCUT2D eigenvalue weighted by Crippen LogP contribution is 2.21. The predicted octanol–water partition coefficient (Wildman–Crippen LogP) is 3.98. The van der Waals surface area contributed by atoms with Crippen LogP contribution in [-0.2, 0) is 9.53 Å². The summed E-state index contributed by atoms with van der Waals surface area (Å²) in [6.45, 7) is -0.627. The second kappa shape index (κ2) is 9.68. The Labute approximate surface area is 151 Å². The Hall–Kier alpha value is -2.73. The van der Waals surface area contributed by atoms with Crippen LogP contribution in [0.25, 0.3) is 11.6 Å². The van der Waals surface area contributed by atoms with Crippen molar-refractivity contribution in [2.24, 2.45) is 0 Å². The lowest BCUT2D eigenvalue weighted by molar-refractivity contribution is -0.116. The number of alkyl halides is 2. The van der Waals surface area contributed by atoms with Gasteiger partial charge in [0, 0.05) is 18.7 Å². The first-order chi connectivity index (χ1) is 12.5. The van der Waals surface area contributed by atoms with Crippen LogP contribution in [0, 0.1) is 0 Å². The number of carbonyl (C=O) groups excluding carboxylic acids is 1. The van der Waals surface area contributed by atoms with E-state index in [9.17, 15) is 13.6 Å². The third-order valence-corrected chi connectivity index (χ3v) is 3.54. The van der Waals surface area contributed by atoms with Crippen molar-refractivity contribution in [3.8, 4) is 5.75 Å². The molecule has 0 aliphatic rings. The third kappa shape index (κ3) is 5.97. The zero-order chi connectivity index (χ0) is 18.9. The van der Waals surface area contributed by atoms with Gasteiger partial charge in [-0.1, -0.05) is 42.5 Å². The van der Waals surface area contributed by atoms with E-state index in [0.717, 1.165) is 5.56 Å². The summed E-state index contributed by atoms with van der Waals surface area (Å²) in [5, 5.41) is 2.88. The fourth-order valence-electron chi connectivity index (χ4n) is 2.40. The van der Waals surface area contributed by atoms with Gasteiger partial charge in [0.25, 0.3) is 5.91 Å². The Morgan fingerprint density at radius 3 is 2.35 bits per heavy atom. The molecular formula is C20H21F2NO3. The molecular weight excluding hydrogens is 340 g/mol. The smallest absolute Gasteiger partial charge is 0.387 e. The van der Waals surface area contributed by atoms with E-state index in [1.54, 1.807) is 25.3 Å². The minimum absolute atomic E-state index is 0.0663. The zero-order valence-electron chi connectivity index (χ0n) is 14.6. The molecule has 0 radical (unpaired) electrons. The lowest BCUT2D eigenvalue weighted by Gasteiger charge is -2.15. The van der Waals surface area contributed by atoms with Gasteiger partial charge >= 0.3 is 6.61 Å². The van der Waals surface area contributed by atoms with Crippen molar-refractivity contribution in [1.82, 2.24) is 5.32 Å². The second-order valence-corrected chi connectivity index (χ2v) is 5.70. The van der Waals surface area contributed by atoms with Crippen molar-refractivity contribution in [2.45, 2.75) is 19.6 Å². The number of hydrogen-bond acceptors (Lipinski definition) is 3. The molecule has 0 aliphatic heterocycles. The van der Waals surface area contributed by atoms with Crippen LogP contribution in [-0.4, -0.2) is 32.3 Å². The van der Waals surface area contributed by atoms with Crippen LogP contribution >= 0.6 is 0 Å². The largest absolute Gasteiger partial charge is 0.435 e. The van der Waals surface area contributed by atoms with Crippen molar-refractivity contribution >= 4 is 17.6 Å². The van der Waals surface area contributed by atoms with Crippen molar-refractivity contribution in [1.29, 1.82) is 0 Å². The summed E-state index contributed by atoms with van der Waals surface area (Å²) in [6, 6.07) is 15.2. The molecule has 6 heteroatoms. The maximum absolute atomic E-state index is 12.7. The lowest BCUT2D eigenvalue weighted by atomic mass is 10.0. The van der Waals surface area contributed by atoms with Gasteiger partial charge in [0.1, 0.15) is 5.75 Å². The van der Waals surface area contributed by atoms with Gasteiger partial charge in [0.2, 0.25) is 0 Å². The molecule has 0 spiro atoms. The molecule has 0 saturated carbocycles. The second-order valence-electron chi connectivity index (χ2n) is 5.70. The number of benzene rings is 2. The molecule has 1 atom stereocenters. The molecule has 1 unspecified atom stereocenters. The Bertz CT molecular complexity index is 730. The minimum Gasteiger partial charge on any atom is -0.435 e. The first-order valence-corrected chi connectivity index (χ1v) is 8.11. The van der Waals surface area contributed by atoms with Crippen molar-refractivity contribution in [3.63, 3.8) is 0 Å². The van der Waals surface area contributed by atoms with Crippen molar-refractivity contribution < 1.29 is 23.0 Å². The molecule has 2 aromatic carbocycles. The minimum atomic E-state index is -2.87. The van der Waals surface area contributed by atoms with Crippen LogP contribution in [0.2, 0.25) is 0 Å². The van der Waals surface area contributed by atoms with E-state index in [0.29, 0.717) is 17.7 Å². The molecule has 26 heavy (non-hydrogen) atoms. The predicted molar refractivity (Wildman–Crippen MR) is 96.9 cm³/mol. The molecule has 1 amide bonds. The van der Waals surface area contributed by atoms with E-state index < -0.39 is 6.61 Å². The summed E-state index contributed by atoms with van der Waals surface area (Å²) in [7, 11) is 1.57. The van der Waals surface area contributed by atoms with Gasteiger partial charge in [-0.05, 0) is 36.3 Å². The quantitative estimate of drug-likeness (QED) is 0.571. The molecule has 0 fully saturated rings. The summed E-state index contributed by atoms with van der Waals surface area (Å²) in [5.74, 6) is -0.176. The highest BCUT2D eigenvalue weighted by Gasteiger charge is 2.14. The van der Waals surface area contributed by atoms with Crippen LogP contribution in [0.4, 0.5) is 8.78 Å². The third-order valence-electron chi connectivity index (χ3n) is 3.54. The number of carbonyl (C=O) groups is 1. The number of methoxy groups -OCH3 is 1. The molecule has 138 valence electrons. The van der Waals surface area contributed by atoms with Gasteiger partial charge in [0.05, 0.1) is 6.61 Å². The summed E-state index contributed by atoms with van der Waals surface area (Å²) < 4.78 is 33.9. The van der Waals surface area contributed by atoms with Crippen molar-refractivity contribution in [2.75, 3.05) is 13.7 Å². The van der Waals surface area contributed by atoms with Crippen LogP contribution in [0.1, 0.15) is 18.1 Å². The van der Waals surface area contributed by atoms with Gasteiger partial charge in [-0.2, -0.15) is 8.78 Å². The van der Waals surface area contributed by atoms with E-state index in [4.69, 9.17) is 4.74 Å². The van der Waals surface area contributed by atoms with E-state index in [-0.39, 0.29) is 17.7 Å². The van der Waals surface area contributed by atoms with E-state index in [1.807, 2.05) is 37.3 Å². The van der Waals surface area contributed by atoms with Crippen molar-refractivity contribution in [3.05, 3.63) is 65.7 Å². The fraction of sp³-hybridized carbons (Fsp3) is 0.250. The highest BCUT2D eigenvalue weighted by molar-refractivity contribution is 6.24. The first kappa shape index (κ1) is 19.6. The molecule has 1 N–H and O–H groups in total. The maximum atomic E-state index is 12.7. The maximum Gasteiger partial charge on any atom is 0.387 e. The Kier molecular flexibility index (Phi) is 7.29. The lowest BCUT2D eigenvalue weighted by Crippen LogP contribution is -2.36. The topological polar surface area (TPSA) is 47.6 Å². The monoisotopic (exact) mass is 361 g/mol. The highest BCUT2D eigenvalue weighted by atomic mass is 19.3. The number of hydrogen-bond donors (Lipinski definition) is 1. The Morgan fingerprint density at radius 1 is 1.12 bits per heavy atom. The van der Waals surface area contributed by atoms with E-state index >= 15 is 0 Å². The summed E-state index contributed by atoms with van der Waals surface area (Å²) in [4.78, 5) is 12.7. The Morgan fingerprint density at radius 2 is 1.77 bits per heavy atom. The van der Waals surface area contributed by atoms with Crippen LogP contribution < -0.4 is 10.1 Å². The molecule has 4 nitrogen and oxygen atoms in total. The number of nitrogens with one attached hydrogen (secondary N) is 1. The Balaban J connectivity index is 2.28. The SMILES string of the molecule is COCC(C)NC(=O)C(=Cc1ccc(OC(F)F)cc1)c1ccccc1. The molecule has 0 saturated heterocycles. The first-order valence-electron chi connectivity index (χ1n) is 8.11. The van der Waals surface area contributed by atoms with Gasteiger partial charge in [-0.3, -0.25) is 4.79 Å². The standard InChI is InChI=1S/C20H21F2NO3/c1-14(13-25-2)23-19(24)18(16-6-4-3-5-7-16)12-15-8-10-17(11-9-15)26-20(21)22/h3-12,14,20H,13H2,1-2H3,(H,23,24). The number of rotatable bonds is 8. The average Bonchev–Trinajstić information content (AvgIpc) is 2.61. The van der Waals surface area contributed by atoms with Gasteiger partial charge in [0.15, 0.2) is 0 Å². The summed E-state index contributed by atoms with van der Waals surface area (Å²) in [5.41, 5.74) is 1.92. The summed E-state index contributed by atoms with van der Waals surface area (Å²) in [6.07, 6.45) is 1.70. The van der Waals surface area contributed by atoms with Crippen LogP contribution in [0.3, 0.4) is 0 Å². The van der Waals surface area contributed by atoms with Gasteiger partial charge in [-0.15, -0.1) is 0 Å². The zero-order valence-corrected chi connectivity index (χ0v) is 14.6. The molecule has 2 aromatic rings. The average molecular weight is 361 g/mol. The summed E-state index contributed by atoms with van der Waals surface area (Å²) >= 11 is 0. The fourth-order valence-corrected chi connectivity index (χ4v) is 2.40. The normalized spacial score (nSPS) is 12.7. The molecule has 0 aromatic heterocycles. The van der Waals surface area contributed by atoms with Crippen LogP contribution in [0.15, 0.2) is 54.6 Å². The molecule has 0 heterocycles. The molecule has 0 bridgehead atoms. The number of amides is 1. The number of halogens is 2. The van der Waals surface area contributed by atoms with Gasteiger partial charge in [-0.25, -0.2) is 0 Å². The number of ether oxygens (including phenoxy) is 2. The van der Waals surface area contributed by atoms with Crippen LogP contribution in [0.5, 0.6) is 5.75 Å². The molecule has 2 rings (SSSR count). The van der Waals surface area contributed by atoms with E-state index in [1.165, 1.54) is 12.1 Å². The van der Waals surface area contributed by atoms with Gasteiger partial charge < -0.3 is 14.8 Å².